The summed E-state index contributed by atoms with van der Waals surface area (Å²) in [5.41, 5.74) is 0. The highest BCUT2D eigenvalue weighted by Crippen LogP contribution is 2.25. The molecule has 0 aromatic rings. The van der Waals surface area contributed by atoms with Crippen molar-refractivity contribution in [2.45, 2.75) is 240 Å². The minimum absolute atomic E-state index is 0.0187. The number of nitrogens with zero attached hydrogens (tertiary/aromatic N) is 1. The number of aliphatic hydroxyl groups is 12. The predicted molar refractivity (Wildman–Crippen MR) is 309 cm³/mol. The molecule has 32 heteroatoms. The molecule has 3 heterocycles. The van der Waals surface area contributed by atoms with Crippen molar-refractivity contribution in [2.24, 2.45) is 0 Å². The molecule has 17 atom stereocenters. The van der Waals surface area contributed by atoms with E-state index in [-0.39, 0.29) is 109 Å². The summed E-state index contributed by atoms with van der Waals surface area (Å²) in [5, 5.41) is 143. The molecule has 89 heavy (non-hydrogen) atoms. The zero-order valence-corrected chi connectivity index (χ0v) is 51.0. The number of ketones is 1. The fraction of sp³-hybridized carbons (Fsp3) is 0.877. The normalized spacial score (nSPS) is 27.7. The summed E-state index contributed by atoms with van der Waals surface area (Å²) in [6, 6.07) is -2.35. The lowest BCUT2D eigenvalue weighted by atomic mass is 9.99. The Balaban J connectivity index is 1.71. The predicted octanol–water partition coefficient (Wildman–Crippen LogP) is -5.47. The van der Waals surface area contributed by atoms with Gasteiger partial charge < -0.3 is 121 Å². The lowest BCUT2D eigenvalue weighted by Crippen LogP contribution is -2.59. The third-order valence-electron chi connectivity index (χ3n) is 15.6. The van der Waals surface area contributed by atoms with Crippen LogP contribution in [-0.2, 0) is 62.0 Å². The molecule has 0 aromatic heterocycles. The molecule has 32 nitrogen and oxygen atoms in total. The first kappa shape index (κ1) is 79.0. The summed E-state index contributed by atoms with van der Waals surface area (Å²) in [6.45, 7) is -3.69. The molecule has 0 aromatic carbocycles. The van der Waals surface area contributed by atoms with Gasteiger partial charge in [-0.15, -0.1) is 0 Å². The van der Waals surface area contributed by atoms with Crippen molar-refractivity contribution in [2.75, 3.05) is 78.9 Å². The van der Waals surface area contributed by atoms with Crippen LogP contribution in [0.5, 0.6) is 0 Å². The van der Waals surface area contributed by atoms with Crippen LogP contribution in [0.1, 0.15) is 135 Å². The van der Waals surface area contributed by atoms with Crippen LogP contribution in [0.25, 0.3) is 0 Å². The number of ether oxygens (including phenoxy) is 6. The van der Waals surface area contributed by atoms with Gasteiger partial charge in [-0.1, -0.05) is 71.1 Å². The summed E-state index contributed by atoms with van der Waals surface area (Å²) in [4.78, 5) is 92.7. The van der Waals surface area contributed by atoms with Gasteiger partial charge in [-0.3, -0.25) is 38.5 Å². The Kier molecular flexibility index (Phi) is 39.3. The van der Waals surface area contributed by atoms with Gasteiger partial charge in [0.2, 0.25) is 29.5 Å². The molecule has 0 spiro atoms. The maximum Gasteiger partial charge on any atom is 0.303 e. The highest BCUT2D eigenvalue weighted by atomic mass is 16.7. The van der Waals surface area contributed by atoms with Crippen molar-refractivity contribution in [3.63, 3.8) is 0 Å². The van der Waals surface area contributed by atoms with Crippen molar-refractivity contribution in [3.8, 4) is 0 Å². The molecule has 3 saturated heterocycles. The number of Topliss-reactive ketones (excluding diaryl/α,β-unsaturated/α-hetero) is 1. The van der Waals surface area contributed by atoms with Crippen LogP contribution in [0.4, 0.5) is 0 Å². The van der Waals surface area contributed by atoms with Crippen LogP contribution < -0.4 is 26.6 Å². The molecule has 18 N–H and O–H groups in total. The topological polar surface area (TPSA) is 501 Å². The first-order chi connectivity index (χ1) is 42.6. The number of amides is 5. The first-order valence-corrected chi connectivity index (χ1v) is 31.2. The molecule has 5 amide bonds. The van der Waals surface area contributed by atoms with Crippen LogP contribution in [0, 0.1) is 0 Å². The van der Waals surface area contributed by atoms with E-state index in [1.54, 1.807) is 6.92 Å². The molecular weight excluding hydrogens is 1180 g/mol. The number of hydrogen-bond donors (Lipinski definition) is 18. The standard InChI is InChI=1S/C57H102N6O26/c1-2-34(67)20-21-35(62-40(68)18-13-11-9-7-5-3-4-6-8-10-12-14-19-43(71)72)53(82)60-22-16-15-17-36(54(83)61-25-28-86-57-52(81)49(78)46(75)39(33-66)89-57)63(29-41(69)58-23-26-84-55-50(79)47(76)44(73)37(31-64)87-55)30-42(70)59-24-27-85-56-51(80)48(77)45(74)38(32-65)88-56/h35-39,44-52,55-57,64-66,73-81H,2-33H2,1H3,(H,58,69)(H,59,70)(H,60,82)(H,61,83)(H,62,68)(H,71,72)/t35-,36-,37+,38+,39+,44+,45+,46+,47-,48-,49-,50-,51-,52-,55-,56-,57-/m0/s1. The van der Waals surface area contributed by atoms with Crippen molar-refractivity contribution in [1.29, 1.82) is 0 Å². The minimum Gasteiger partial charge on any atom is -0.481 e. The number of carboxylic acids is 1. The number of nitrogens with one attached hydrogen (secondary N) is 5. The lowest BCUT2D eigenvalue weighted by Gasteiger charge is -2.39. The van der Waals surface area contributed by atoms with E-state index in [2.05, 4.69) is 26.6 Å². The highest BCUT2D eigenvalue weighted by Gasteiger charge is 2.46. The van der Waals surface area contributed by atoms with E-state index in [4.69, 9.17) is 33.5 Å². The average molecular weight is 1290 g/mol. The van der Waals surface area contributed by atoms with E-state index >= 15 is 0 Å². The van der Waals surface area contributed by atoms with Crippen molar-refractivity contribution < 1.29 is 128 Å². The third kappa shape index (κ3) is 29.1. The molecule has 3 rings (SSSR count). The van der Waals surface area contributed by atoms with E-state index in [9.17, 15) is 94.8 Å². The number of carbonyl (C=O) groups excluding carboxylic acids is 6. The van der Waals surface area contributed by atoms with E-state index in [1.165, 1.54) is 4.90 Å². The molecule has 0 radical (unpaired) electrons. The number of hydrogen-bond acceptors (Lipinski definition) is 26. The summed E-state index contributed by atoms with van der Waals surface area (Å²) in [7, 11) is 0. The lowest BCUT2D eigenvalue weighted by molar-refractivity contribution is -0.300. The molecule has 3 aliphatic rings. The first-order valence-electron chi connectivity index (χ1n) is 31.2. The quantitative estimate of drug-likeness (QED) is 0.0253. The monoisotopic (exact) mass is 1290 g/mol. The Morgan fingerprint density at radius 3 is 1.20 bits per heavy atom. The number of unbranched alkanes of at least 4 members (excludes halogenated alkanes) is 12. The smallest absolute Gasteiger partial charge is 0.303 e. The van der Waals surface area contributed by atoms with Crippen LogP contribution in [0.15, 0.2) is 0 Å². The van der Waals surface area contributed by atoms with Crippen LogP contribution >= 0.6 is 0 Å². The Morgan fingerprint density at radius 1 is 0.427 bits per heavy atom. The fourth-order valence-electron chi connectivity index (χ4n) is 10.2. The van der Waals surface area contributed by atoms with Gasteiger partial charge in [-0.25, -0.2) is 0 Å². The van der Waals surface area contributed by atoms with Gasteiger partial charge in [0, 0.05) is 51.9 Å². The third-order valence-corrected chi connectivity index (χ3v) is 15.6. The zero-order chi connectivity index (χ0) is 65.8. The fourth-order valence-corrected chi connectivity index (χ4v) is 10.2. The maximum absolute atomic E-state index is 14.3. The Morgan fingerprint density at radius 2 is 0.809 bits per heavy atom. The van der Waals surface area contributed by atoms with E-state index < -0.39 is 167 Å². The Bertz CT molecular complexity index is 1990. The summed E-state index contributed by atoms with van der Waals surface area (Å²) in [6.07, 6.45) is -11.4. The summed E-state index contributed by atoms with van der Waals surface area (Å²) >= 11 is 0. The van der Waals surface area contributed by atoms with Gasteiger partial charge >= 0.3 is 5.97 Å². The van der Waals surface area contributed by atoms with Crippen molar-refractivity contribution in [3.05, 3.63) is 0 Å². The molecule has 0 saturated carbocycles. The Labute approximate surface area is 518 Å². The molecule has 0 unspecified atom stereocenters. The molecular formula is C57H102N6O26. The summed E-state index contributed by atoms with van der Waals surface area (Å²) in [5.74, 6) is -4.06. The second-order valence-electron chi connectivity index (χ2n) is 22.6. The largest absolute Gasteiger partial charge is 0.481 e. The zero-order valence-electron chi connectivity index (χ0n) is 51.0. The van der Waals surface area contributed by atoms with E-state index in [1.807, 2.05) is 0 Å². The number of rotatable bonds is 47. The van der Waals surface area contributed by atoms with Crippen molar-refractivity contribution in [1.82, 2.24) is 31.5 Å². The number of carbonyl (C=O) groups is 7. The highest BCUT2D eigenvalue weighted by molar-refractivity contribution is 5.88. The number of aliphatic hydroxyl groups excluding tert-OH is 12. The minimum atomic E-state index is -1.76. The molecule has 0 aliphatic carbocycles. The maximum atomic E-state index is 14.3. The number of aliphatic carboxylic acids is 1. The SMILES string of the molecule is CCC(=O)CC[C@H](NC(=O)CCCCCCCCCCCCCCC(=O)O)C(=O)NCCCC[C@@H](C(=O)NCCO[C@H]1O[C@H](CO)[C@@H](O)[C@H](O)[C@@H]1O)N(CC(=O)NCCO[C@H]1O[C@H](CO)[C@@H](O)[C@H](O)[C@@H]1O)CC(=O)NCCO[C@H]1O[C@H](CO)[C@@H](O)[C@H](O)[C@@H]1O. The average Bonchev–Trinajstić information content (AvgIpc) is 1.58. The van der Waals surface area contributed by atoms with Crippen LogP contribution in [0.3, 0.4) is 0 Å². The number of carboxylic acid groups (broad SMARTS) is 1. The van der Waals surface area contributed by atoms with Crippen LogP contribution in [0.2, 0.25) is 0 Å². The van der Waals surface area contributed by atoms with Gasteiger partial charge in [0.1, 0.15) is 85.1 Å². The molecule has 3 aliphatic heterocycles. The van der Waals surface area contributed by atoms with Crippen molar-refractivity contribution >= 4 is 41.3 Å². The van der Waals surface area contributed by atoms with Crippen LogP contribution in [-0.4, -0.2) is 296 Å². The second kappa shape index (κ2) is 44.3. The summed E-state index contributed by atoms with van der Waals surface area (Å²) < 4.78 is 32.6. The molecule has 3 fully saturated rings. The van der Waals surface area contributed by atoms with Gasteiger partial charge in [0.25, 0.3) is 0 Å². The van der Waals surface area contributed by atoms with Gasteiger partial charge in [0.05, 0.1) is 58.8 Å². The van der Waals surface area contributed by atoms with E-state index in [0.717, 1.165) is 64.2 Å². The molecule has 516 valence electrons. The second-order valence-corrected chi connectivity index (χ2v) is 22.6. The van der Waals surface area contributed by atoms with Gasteiger partial charge in [-0.05, 0) is 38.5 Å². The van der Waals surface area contributed by atoms with E-state index in [0.29, 0.717) is 12.8 Å². The Hall–Kier alpha value is -4.27. The van der Waals surface area contributed by atoms with Gasteiger partial charge in [0.15, 0.2) is 18.9 Å². The molecule has 0 bridgehead atoms. The van der Waals surface area contributed by atoms with Gasteiger partial charge in [-0.2, -0.15) is 0 Å².